The van der Waals surface area contributed by atoms with E-state index in [2.05, 4.69) is 45.8 Å². The van der Waals surface area contributed by atoms with Crippen LogP contribution in [0.25, 0.3) is 0 Å². The summed E-state index contributed by atoms with van der Waals surface area (Å²) in [4.78, 5) is 6.88. The van der Waals surface area contributed by atoms with E-state index in [4.69, 9.17) is 0 Å². The number of nitrogens with one attached hydrogen (secondary N) is 1. The van der Waals surface area contributed by atoms with Gasteiger partial charge < -0.3 is 5.32 Å². The molecule has 0 bridgehead atoms. The minimum absolute atomic E-state index is 0.604. The van der Waals surface area contributed by atoms with Gasteiger partial charge in [-0.2, -0.15) is 5.10 Å². The maximum absolute atomic E-state index is 4.42. The first kappa shape index (κ1) is 14.5. The Kier molecular flexibility index (Phi) is 5.34. The van der Waals surface area contributed by atoms with Crippen molar-refractivity contribution >= 4 is 0 Å². The molecule has 1 aromatic rings. The molecule has 1 saturated heterocycles. The van der Waals surface area contributed by atoms with E-state index in [1.165, 1.54) is 19.4 Å². The average Bonchev–Trinajstić information content (AvgIpc) is 3.00. The van der Waals surface area contributed by atoms with Gasteiger partial charge in [0.1, 0.15) is 12.2 Å². The lowest BCUT2D eigenvalue weighted by atomic mass is 10.2. The molecule has 108 valence electrons. The smallest absolute Gasteiger partial charge is 0.141 e. The maximum atomic E-state index is 4.42. The number of rotatable bonds is 7. The van der Waals surface area contributed by atoms with E-state index in [-0.39, 0.29) is 0 Å². The molecule has 1 aliphatic heterocycles. The molecule has 1 aliphatic rings. The van der Waals surface area contributed by atoms with Crippen LogP contribution in [0.2, 0.25) is 0 Å². The predicted molar refractivity (Wildman–Crippen MR) is 76.8 cm³/mol. The average molecular weight is 265 g/mol. The van der Waals surface area contributed by atoms with E-state index >= 15 is 0 Å². The van der Waals surface area contributed by atoms with Gasteiger partial charge in [-0.25, -0.2) is 9.67 Å². The third kappa shape index (κ3) is 4.28. The second-order valence-electron chi connectivity index (χ2n) is 5.87. The maximum Gasteiger partial charge on any atom is 0.141 e. The zero-order valence-electron chi connectivity index (χ0n) is 12.5. The molecule has 2 heterocycles. The highest BCUT2D eigenvalue weighted by Crippen LogP contribution is 2.10. The number of hydrogen-bond donors (Lipinski definition) is 1. The Balaban J connectivity index is 1.91. The zero-order valence-corrected chi connectivity index (χ0v) is 12.5. The molecule has 0 aliphatic carbocycles. The summed E-state index contributed by atoms with van der Waals surface area (Å²) in [7, 11) is 0. The van der Waals surface area contributed by atoms with Gasteiger partial charge >= 0.3 is 0 Å². The van der Waals surface area contributed by atoms with Crippen LogP contribution >= 0.6 is 0 Å². The molecule has 0 aromatic carbocycles. The quantitative estimate of drug-likeness (QED) is 0.812. The molecule has 0 radical (unpaired) electrons. The van der Waals surface area contributed by atoms with Crippen LogP contribution in [0, 0.1) is 5.92 Å². The van der Waals surface area contributed by atoms with Crippen molar-refractivity contribution in [3.8, 4) is 0 Å². The summed E-state index contributed by atoms with van der Waals surface area (Å²) in [5.41, 5.74) is 0. The second kappa shape index (κ2) is 7.01. The molecule has 1 unspecified atom stereocenters. The van der Waals surface area contributed by atoms with Gasteiger partial charge in [-0.15, -0.1) is 0 Å². The number of aromatic nitrogens is 3. The minimum atomic E-state index is 0.604. The van der Waals surface area contributed by atoms with Crippen molar-refractivity contribution in [1.82, 2.24) is 25.0 Å². The zero-order chi connectivity index (χ0) is 13.7. The molecular weight excluding hydrogens is 238 g/mol. The van der Waals surface area contributed by atoms with Gasteiger partial charge in [-0.1, -0.05) is 20.8 Å². The Morgan fingerprint density at radius 1 is 1.53 bits per heavy atom. The Bertz CT molecular complexity index is 368. The van der Waals surface area contributed by atoms with Crippen molar-refractivity contribution < 1.29 is 0 Å². The lowest BCUT2D eigenvalue weighted by molar-refractivity contribution is 0.241. The van der Waals surface area contributed by atoms with Gasteiger partial charge in [0.25, 0.3) is 0 Å². The number of likely N-dealkylation sites (N-methyl/N-ethyl adjacent to an activating group) is 1. The van der Waals surface area contributed by atoms with Crippen LogP contribution in [-0.2, 0) is 13.1 Å². The number of nitrogens with zero attached hydrogens (tertiary/aromatic N) is 4. The van der Waals surface area contributed by atoms with Gasteiger partial charge in [-0.3, -0.25) is 4.90 Å². The lowest BCUT2D eigenvalue weighted by Gasteiger charge is -2.24. The SMILES string of the molecule is CCN(Cc1ncnn1CC(C)C)CC1CCCN1. The molecule has 19 heavy (non-hydrogen) atoms. The molecule has 1 atom stereocenters. The second-order valence-corrected chi connectivity index (χ2v) is 5.87. The highest BCUT2D eigenvalue weighted by molar-refractivity contribution is 4.87. The third-order valence-electron chi connectivity index (χ3n) is 3.69. The van der Waals surface area contributed by atoms with Crippen molar-refractivity contribution in [2.45, 2.75) is 52.7 Å². The standard InChI is InChI=1S/C14H27N5/c1-4-18(9-13-6-5-7-15-13)10-14-16-11-17-19(14)8-12(2)3/h11-13,15H,4-10H2,1-3H3. The van der Waals surface area contributed by atoms with Crippen molar-refractivity contribution in [2.75, 3.05) is 19.6 Å². The van der Waals surface area contributed by atoms with Gasteiger partial charge in [0.15, 0.2) is 0 Å². The van der Waals surface area contributed by atoms with Gasteiger partial charge in [-0.05, 0) is 31.8 Å². The van der Waals surface area contributed by atoms with Crippen molar-refractivity contribution in [3.05, 3.63) is 12.2 Å². The van der Waals surface area contributed by atoms with E-state index in [1.807, 2.05) is 0 Å². The normalized spacial score (nSPS) is 19.7. The van der Waals surface area contributed by atoms with E-state index in [9.17, 15) is 0 Å². The summed E-state index contributed by atoms with van der Waals surface area (Å²) >= 11 is 0. The molecule has 1 aromatic heterocycles. The van der Waals surface area contributed by atoms with E-state index in [0.717, 1.165) is 32.0 Å². The predicted octanol–water partition coefficient (Wildman–Crippen LogP) is 1.51. The first-order valence-corrected chi connectivity index (χ1v) is 7.51. The summed E-state index contributed by atoms with van der Waals surface area (Å²) in [5, 5.41) is 7.90. The largest absolute Gasteiger partial charge is 0.313 e. The molecule has 1 N–H and O–H groups in total. The molecular formula is C14H27N5. The fourth-order valence-electron chi connectivity index (χ4n) is 2.64. The third-order valence-corrected chi connectivity index (χ3v) is 3.69. The van der Waals surface area contributed by atoms with E-state index < -0.39 is 0 Å². The fraction of sp³-hybridized carbons (Fsp3) is 0.857. The van der Waals surface area contributed by atoms with Crippen molar-refractivity contribution in [1.29, 1.82) is 0 Å². The summed E-state index contributed by atoms with van der Waals surface area (Å²) in [5.74, 6) is 1.69. The highest BCUT2D eigenvalue weighted by Gasteiger charge is 2.18. The number of hydrogen-bond acceptors (Lipinski definition) is 4. The summed E-state index contributed by atoms with van der Waals surface area (Å²) in [6.07, 6.45) is 4.29. The Morgan fingerprint density at radius 3 is 3.00 bits per heavy atom. The molecule has 5 nitrogen and oxygen atoms in total. The van der Waals surface area contributed by atoms with E-state index in [0.29, 0.717) is 12.0 Å². The van der Waals surface area contributed by atoms with Crippen LogP contribution in [0.5, 0.6) is 0 Å². The summed E-state index contributed by atoms with van der Waals surface area (Å²) in [6.45, 7) is 11.9. The van der Waals surface area contributed by atoms with Gasteiger partial charge in [0.05, 0.1) is 6.54 Å². The molecule has 5 heteroatoms. The summed E-state index contributed by atoms with van der Waals surface area (Å²) in [6, 6.07) is 0.654. The van der Waals surface area contributed by atoms with Gasteiger partial charge in [0.2, 0.25) is 0 Å². The first-order chi connectivity index (χ1) is 9.19. The first-order valence-electron chi connectivity index (χ1n) is 7.51. The van der Waals surface area contributed by atoms with Crippen LogP contribution in [0.1, 0.15) is 39.4 Å². The van der Waals surface area contributed by atoms with Crippen LogP contribution in [-0.4, -0.2) is 45.3 Å². The fourth-order valence-corrected chi connectivity index (χ4v) is 2.64. The Labute approximate surface area is 116 Å². The van der Waals surface area contributed by atoms with Crippen molar-refractivity contribution in [3.63, 3.8) is 0 Å². The van der Waals surface area contributed by atoms with Crippen molar-refractivity contribution in [2.24, 2.45) is 5.92 Å². The van der Waals surface area contributed by atoms with Crippen LogP contribution in [0.4, 0.5) is 0 Å². The monoisotopic (exact) mass is 265 g/mol. The highest BCUT2D eigenvalue weighted by atomic mass is 15.3. The van der Waals surface area contributed by atoms with E-state index in [1.54, 1.807) is 6.33 Å². The molecule has 0 amide bonds. The lowest BCUT2D eigenvalue weighted by Crippen LogP contribution is -2.37. The Hall–Kier alpha value is -0.940. The Morgan fingerprint density at radius 2 is 2.37 bits per heavy atom. The van der Waals surface area contributed by atoms with Crippen LogP contribution in [0.3, 0.4) is 0 Å². The molecule has 0 saturated carbocycles. The molecule has 0 spiro atoms. The minimum Gasteiger partial charge on any atom is -0.313 e. The molecule has 1 fully saturated rings. The molecule has 2 rings (SSSR count). The van der Waals surface area contributed by atoms with Crippen LogP contribution < -0.4 is 5.32 Å². The topological polar surface area (TPSA) is 46.0 Å². The van der Waals surface area contributed by atoms with Crippen LogP contribution in [0.15, 0.2) is 6.33 Å². The summed E-state index contributed by atoms with van der Waals surface area (Å²) < 4.78 is 2.05. The van der Waals surface area contributed by atoms with Gasteiger partial charge in [0, 0.05) is 19.1 Å².